The molecule has 23 heavy (non-hydrogen) atoms. The van der Waals surface area contributed by atoms with Gasteiger partial charge in [-0.1, -0.05) is 35.3 Å². The summed E-state index contributed by atoms with van der Waals surface area (Å²) in [6.07, 6.45) is 0. The van der Waals surface area contributed by atoms with Gasteiger partial charge in [-0.2, -0.15) is 0 Å². The van der Waals surface area contributed by atoms with Gasteiger partial charge in [-0.05, 0) is 30.3 Å². The number of ketones is 1. The number of primary amides is 1. The van der Waals surface area contributed by atoms with Crippen molar-refractivity contribution in [3.8, 4) is 0 Å². The molecule has 0 aliphatic rings. The fourth-order valence-corrected chi connectivity index (χ4v) is 2.74. The Morgan fingerprint density at radius 1 is 1.09 bits per heavy atom. The van der Waals surface area contributed by atoms with Gasteiger partial charge in [-0.3, -0.25) is 4.79 Å². The molecule has 0 saturated heterocycles. The molecule has 0 radical (unpaired) electrons. The minimum absolute atomic E-state index is 0.0470. The lowest BCUT2D eigenvalue weighted by Crippen LogP contribution is -2.20. The van der Waals surface area contributed by atoms with Crippen molar-refractivity contribution in [2.45, 2.75) is 0 Å². The lowest BCUT2D eigenvalue weighted by molar-refractivity contribution is 0.101. The molecule has 116 valence electrons. The molecule has 2 aromatic carbocycles. The van der Waals surface area contributed by atoms with Crippen LogP contribution in [0, 0.1) is 0 Å². The number of anilines is 1. The summed E-state index contributed by atoms with van der Waals surface area (Å²) >= 11 is 11.9. The molecule has 1 aromatic heterocycles. The maximum Gasteiger partial charge on any atom is 0.316 e. The Morgan fingerprint density at radius 2 is 1.83 bits per heavy atom. The first-order valence-corrected chi connectivity index (χ1v) is 7.30. The second-order valence-electron chi connectivity index (χ2n) is 4.74. The van der Waals surface area contributed by atoms with E-state index in [-0.39, 0.29) is 22.0 Å². The molecule has 0 aliphatic carbocycles. The number of fused-ring (bicyclic) bond motifs is 1. The van der Waals surface area contributed by atoms with Crippen LogP contribution in [-0.4, -0.2) is 11.8 Å². The summed E-state index contributed by atoms with van der Waals surface area (Å²) in [6, 6.07) is 10.6. The number of para-hydroxylation sites is 1. The molecule has 0 atom stereocenters. The SMILES string of the molecule is NC(=O)Nc1c(C(=O)c2ccc(Cl)cc2Cl)oc2ccccc12. The third kappa shape index (κ3) is 2.88. The zero-order valence-corrected chi connectivity index (χ0v) is 13.1. The average molecular weight is 349 g/mol. The van der Waals surface area contributed by atoms with Gasteiger partial charge in [0.25, 0.3) is 0 Å². The fourth-order valence-electron chi connectivity index (χ4n) is 2.25. The molecule has 0 fully saturated rings. The third-order valence-electron chi connectivity index (χ3n) is 3.23. The van der Waals surface area contributed by atoms with E-state index in [1.807, 2.05) is 0 Å². The Hall–Kier alpha value is -2.50. The molecule has 2 amide bonds. The first kappa shape index (κ1) is 15.4. The van der Waals surface area contributed by atoms with E-state index in [1.165, 1.54) is 12.1 Å². The van der Waals surface area contributed by atoms with E-state index in [1.54, 1.807) is 30.3 Å². The summed E-state index contributed by atoms with van der Waals surface area (Å²) in [5.74, 6) is -0.527. The molecular weight excluding hydrogens is 339 g/mol. The standard InChI is InChI=1S/C16H10Cl2N2O3/c17-8-5-6-9(11(18)7-8)14(21)15-13(20-16(19)22)10-3-1-2-4-12(10)23-15/h1-7H,(H3,19,20,22). The molecule has 3 rings (SSSR count). The highest BCUT2D eigenvalue weighted by Crippen LogP contribution is 2.34. The molecular formula is C16H10Cl2N2O3. The summed E-state index contributed by atoms with van der Waals surface area (Å²) in [7, 11) is 0. The van der Waals surface area contributed by atoms with Gasteiger partial charge in [0, 0.05) is 16.0 Å². The van der Waals surface area contributed by atoms with Crippen LogP contribution in [0.3, 0.4) is 0 Å². The number of furan rings is 1. The summed E-state index contributed by atoms with van der Waals surface area (Å²) < 4.78 is 5.59. The van der Waals surface area contributed by atoms with E-state index in [9.17, 15) is 9.59 Å². The highest BCUT2D eigenvalue weighted by Gasteiger charge is 2.24. The minimum Gasteiger partial charge on any atom is -0.450 e. The Morgan fingerprint density at radius 3 is 2.52 bits per heavy atom. The number of hydrogen-bond acceptors (Lipinski definition) is 3. The van der Waals surface area contributed by atoms with Crippen LogP contribution in [0.1, 0.15) is 16.1 Å². The first-order chi connectivity index (χ1) is 11.0. The number of rotatable bonds is 3. The summed E-state index contributed by atoms with van der Waals surface area (Å²) in [5.41, 5.74) is 6.06. The Bertz CT molecular complexity index is 934. The molecule has 5 nitrogen and oxygen atoms in total. The van der Waals surface area contributed by atoms with E-state index in [4.69, 9.17) is 33.4 Å². The third-order valence-corrected chi connectivity index (χ3v) is 3.77. The van der Waals surface area contributed by atoms with E-state index in [0.717, 1.165) is 0 Å². The molecule has 0 unspecified atom stereocenters. The fraction of sp³-hybridized carbons (Fsp3) is 0. The second-order valence-corrected chi connectivity index (χ2v) is 5.59. The Balaban J connectivity index is 2.18. The number of nitrogens with two attached hydrogens (primary N) is 1. The van der Waals surface area contributed by atoms with Crippen LogP contribution >= 0.6 is 23.2 Å². The van der Waals surface area contributed by atoms with Gasteiger partial charge in [0.15, 0.2) is 5.76 Å². The van der Waals surface area contributed by atoms with Crippen LogP contribution in [-0.2, 0) is 0 Å². The van der Waals surface area contributed by atoms with Crippen molar-refractivity contribution in [2.75, 3.05) is 5.32 Å². The number of hydrogen-bond donors (Lipinski definition) is 2. The lowest BCUT2D eigenvalue weighted by atomic mass is 10.1. The molecule has 3 aromatic rings. The number of halogens is 2. The highest BCUT2D eigenvalue weighted by molar-refractivity contribution is 6.37. The monoisotopic (exact) mass is 348 g/mol. The van der Waals surface area contributed by atoms with Crippen LogP contribution < -0.4 is 11.1 Å². The van der Waals surface area contributed by atoms with Crippen molar-refractivity contribution in [2.24, 2.45) is 5.73 Å². The predicted octanol–water partition coefficient (Wildman–Crippen LogP) is 4.46. The number of urea groups is 1. The van der Waals surface area contributed by atoms with Crippen molar-refractivity contribution in [1.29, 1.82) is 0 Å². The van der Waals surface area contributed by atoms with Crippen molar-refractivity contribution < 1.29 is 14.0 Å². The van der Waals surface area contributed by atoms with Crippen LogP contribution in [0.15, 0.2) is 46.9 Å². The van der Waals surface area contributed by atoms with Crippen molar-refractivity contribution in [1.82, 2.24) is 0 Å². The zero-order chi connectivity index (χ0) is 16.6. The van der Waals surface area contributed by atoms with Gasteiger partial charge in [0.05, 0.1) is 5.02 Å². The van der Waals surface area contributed by atoms with E-state index in [2.05, 4.69) is 5.32 Å². The quantitative estimate of drug-likeness (QED) is 0.685. The van der Waals surface area contributed by atoms with Crippen molar-refractivity contribution in [3.63, 3.8) is 0 Å². The number of carbonyl (C=O) groups is 2. The molecule has 3 N–H and O–H groups in total. The lowest BCUT2D eigenvalue weighted by Gasteiger charge is -2.05. The van der Waals surface area contributed by atoms with Gasteiger partial charge >= 0.3 is 6.03 Å². The average Bonchev–Trinajstić information content (AvgIpc) is 2.85. The van der Waals surface area contributed by atoms with Gasteiger partial charge in [-0.15, -0.1) is 0 Å². The second kappa shape index (κ2) is 5.95. The first-order valence-electron chi connectivity index (χ1n) is 6.55. The molecule has 0 spiro atoms. The highest BCUT2D eigenvalue weighted by atomic mass is 35.5. The largest absolute Gasteiger partial charge is 0.450 e. The number of benzene rings is 2. The molecule has 0 bridgehead atoms. The van der Waals surface area contributed by atoms with Gasteiger partial charge in [-0.25, -0.2) is 4.79 Å². The number of nitrogens with one attached hydrogen (secondary N) is 1. The number of carbonyl (C=O) groups excluding carboxylic acids is 2. The van der Waals surface area contributed by atoms with Gasteiger partial charge in [0.1, 0.15) is 11.3 Å². The van der Waals surface area contributed by atoms with E-state index < -0.39 is 11.8 Å². The van der Waals surface area contributed by atoms with Crippen LogP contribution in [0.4, 0.5) is 10.5 Å². The van der Waals surface area contributed by atoms with E-state index >= 15 is 0 Å². The summed E-state index contributed by atoms with van der Waals surface area (Å²) in [6.45, 7) is 0. The molecule has 7 heteroatoms. The zero-order valence-electron chi connectivity index (χ0n) is 11.6. The topological polar surface area (TPSA) is 85.3 Å². The minimum atomic E-state index is -0.798. The van der Waals surface area contributed by atoms with Crippen LogP contribution in [0.25, 0.3) is 11.0 Å². The smallest absolute Gasteiger partial charge is 0.316 e. The maximum atomic E-state index is 12.7. The Kier molecular flexibility index (Phi) is 3.98. The van der Waals surface area contributed by atoms with Gasteiger partial charge in [0.2, 0.25) is 5.78 Å². The van der Waals surface area contributed by atoms with E-state index in [0.29, 0.717) is 16.0 Å². The molecule has 0 aliphatic heterocycles. The molecule has 0 saturated carbocycles. The van der Waals surface area contributed by atoms with Crippen LogP contribution in [0.5, 0.6) is 0 Å². The number of amides is 2. The van der Waals surface area contributed by atoms with Crippen LogP contribution in [0.2, 0.25) is 10.0 Å². The predicted molar refractivity (Wildman–Crippen MR) is 89.3 cm³/mol. The Labute approximate surface area is 141 Å². The van der Waals surface area contributed by atoms with Crippen molar-refractivity contribution >= 4 is 51.7 Å². The summed E-state index contributed by atoms with van der Waals surface area (Å²) in [5, 5.41) is 3.60. The summed E-state index contributed by atoms with van der Waals surface area (Å²) in [4.78, 5) is 24.0. The maximum absolute atomic E-state index is 12.7. The van der Waals surface area contributed by atoms with Gasteiger partial charge < -0.3 is 15.5 Å². The normalized spacial score (nSPS) is 10.7. The van der Waals surface area contributed by atoms with Crippen molar-refractivity contribution in [3.05, 3.63) is 63.8 Å². The molecule has 1 heterocycles.